The van der Waals surface area contributed by atoms with Crippen LogP contribution in [-0.4, -0.2) is 39.3 Å². The Morgan fingerprint density at radius 1 is 1.37 bits per heavy atom. The molecule has 1 aromatic heterocycles. The SMILES string of the molecule is Cc1cnc(C(C)NC(=O)NC(C(=O)O)C(C)O)s1. The summed E-state index contributed by atoms with van der Waals surface area (Å²) < 4.78 is 0. The number of urea groups is 1. The molecule has 0 bridgehead atoms. The van der Waals surface area contributed by atoms with Crippen LogP contribution >= 0.6 is 11.3 Å². The number of carboxylic acids is 1. The van der Waals surface area contributed by atoms with Crippen LogP contribution in [0, 0.1) is 6.92 Å². The van der Waals surface area contributed by atoms with E-state index < -0.39 is 24.1 Å². The van der Waals surface area contributed by atoms with Gasteiger partial charge in [-0.2, -0.15) is 0 Å². The van der Waals surface area contributed by atoms with Crippen molar-refractivity contribution in [3.8, 4) is 0 Å². The standard InChI is InChI=1S/C11H17N3O4S/c1-5-4-12-9(19-5)6(2)13-11(18)14-8(7(3)15)10(16)17/h4,6-8,15H,1-3H3,(H,16,17)(H2,13,14,18). The molecular formula is C11H17N3O4S. The number of hydrogen-bond donors (Lipinski definition) is 4. The number of nitrogens with zero attached hydrogens (tertiary/aromatic N) is 1. The number of aliphatic hydroxyl groups excluding tert-OH is 1. The van der Waals surface area contributed by atoms with Gasteiger partial charge in [0.1, 0.15) is 5.01 Å². The number of aryl methyl sites for hydroxylation is 1. The van der Waals surface area contributed by atoms with Crippen LogP contribution in [0.2, 0.25) is 0 Å². The number of carbonyl (C=O) groups is 2. The van der Waals surface area contributed by atoms with Crippen molar-refractivity contribution < 1.29 is 19.8 Å². The highest BCUT2D eigenvalue weighted by Crippen LogP contribution is 2.18. The van der Waals surface area contributed by atoms with Gasteiger partial charge in [0.15, 0.2) is 6.04 Å². The van der Waals surface area contributed by atoms with E-state index in [2.05, 4.69) is 15.6 Å². The normalized spacial score (nSPS) is 15.4. The van der Waals surface area contributed by atoms with Crippen molar-refractivity contribution >= 4 is 23.3 Å². The summed E-state index contributed by atoms with van der Waals surface area (Å²) in [5.41, 5.74) is 0. The zero-order chi connectivity index (χ0) is 14.6. The van der Waals surface area contributed by atoms with Gasteiger partial charge < -0.3 is 20.8 Å². The lowest BCUT2D eigenvalue weighted by atomic mass is 10.2. The molecule has 0 aliphatic heterocycles. The van der Waals surface area contributed by atoms with Crippen molar-refractivity contribution in [2.45, 2.75) is 39.0 Å². The quantitative estimate of drug-likeness (QED) is 0.635. The third kappa shape index (κ3) is 4.49. The Morgan fingerprint density at radius 2 is 2.00 bits per heavy atom. The summed E-state index contributed by atoms with van der Waals surface area (Å²) >= 11 is 1.45. The zero-order valence-electron chi connectivity index (χ0n) is 10.9. The molecule has 3 atom stereocenters. The van der Waals surface area contributed by atoms with E-state index in [1.54, 1.807) is 13.1 Å². The molecule has 19 heavy (non-hydrogen) atoms. The maximum atomic E-state index is 11.6. The molecule has 0 fully saturated rings. The summed E-state index contributed by atoms with van der Waals surface area (Å²) in [5.74, 6) is -1.29. The molecule has 2 amide bonds. The predicted molar refractivity (Wildman–Crippen MR) is 70.0 cm³/mol. The van der Waals surface area contributed by atoms with Crippen LogP contribution in [-0.2, 0) is 4.79 Å². The maximum absolute atomic E-state index is 11.6. The second-order valence-electron chi connectivity index (χ2n) is 4.21. The van der Waals surface area contributed by atoms with E-state index in [-0.39, 0.29) is 6.04 Å². The van der Waals surface area contributed by atoms with E-state index in [9.17, 15) is 14.7 Å². The smallest absolute Gasteiger partial charge is 0.328 e. The average molecular weight is 287 g/mol. The summed E-state index contributed by atoms with van der Waals surface area (Å²) in [6.45, 7) is 4.95. The molecule has 0 saturated carbocycles. The molecule has 8 heteroatoms. The largest absolute Gasteiger partial charge is 0.480 e. The van der Waals surface area contributed by atoms with Crippen LogP contribution in [0.4, 0.5) is 4.79 Å². The average Bonchev–Trinajstić information content (AvgIpc) is 2.72. The topological polar surface area (TPSA) is 112 Å². The summed E-state index contributed by atoms with van der Waals surface area (Å²) in [6, 6.07) is -2.33. The minimum Gasteiger partial charge on any atom is -0.480 e. The van der Waals surface area contributed by atoms with Crippen LogP contribution in [0.25, 0.3) is 0 Å². The number of aromatic nitrogens is 1. The van der Waals surface area contributed by atoms with Crippen LogP contribution in [0.5, 0.6) is 0 Å². The fourth-order valence-corrected chi connectivity index (χ4v) is 2.18. The molecular weight excluding hydrogens is 270 g/mol. The molecule has 0 radical (unpaired) electrons. The van der Waals surface area contributed by atoms with E-state index in [0.717, 1.165) is 9.88 Å². The van der Waals surface area contributed by atoms with Gasteiger partial charge in [-0.05, 0) is 20.8 Å². The molecule has 0 aliphatic carbocycles. The first-order chi connectivity index (χ1) is 8.81. The second-order valence-corrected chi connectivity index (χ2v) is 5.47. The number of carbonyl (C=O) groups excluding carboxylic acids is 1. The van der Waals surface area contributed by atoms with E-state index in [4.69, 9.17) is 5.11 Å². The van der Waals surface area contributed by atoms with Gasteiger partial charge in [0, 0.05) is 11.1 Å². The third-order valence-corrected chi connectivity index (χ3v) is 3.49. The number of aliphatic hydroxyl groups is 1. The van der Waals surface area contributed by atoms with E-state index in [0.29, 0.717) is 0 Å². The highest BCUT2D eigenvalue weighted by Gasteiger charge is 2.25. The Bertz CT molecular complexity index is 461. The number of thiazole rings is 1. The molecule has 1 aromatic rings. The molecule has 7 nitrogen and oxygen atoms in total. The van der Waals surface area contributed by atoms with E-state index in [1.165, 1.54) is 18.3 Å². The van der Waals surface area contributed by atoms with E-state index in [1.807, 2.05) is 6.92 Å². The fourth-order valence-electron chi connectivity index (χ4n) is 1.40. The van der Waals surface area contributed by atoms with Crippen molar-refractivity contribution in [3.63, 3.8) is 0 Å². The lowest BCUT2D eigenvalue weighted by Gasteiger charge is -2.19. The van der Waals surface area contributed by atoms with Gasteiger partial charge >= 0.3 is 12.0 Å². The van der Waals surface area contributed by atoms with Crippen LogP contribution in [0.3, 0.4) is 0 Å². The minimum atomic E-state index is -1.34. The van der Waals surface area contributed by atoms with Crippen molar-refractivity contribution in [2.75, 3.05) is 0 Å². The first-order valence-electron chi connectivity index (χ1n) is 5.71. The number of carboxylic acid groups (broad SMARTS) is 1. The lowest BCUT2D eigenvalue weighted by molar-refractivity contribution is -0.141. The zero-order valence-corrected chi connectivity index (χ0v) is 11.7. The second kappa shape index (κ2) is 6.48. The summed E-state index contributed by atoms with van der Waals surface area (Å²) in [7, 11) is 0. The molecule has 0 aliphatic rings. The third-order valence-electron chi connectivity index (χ3n) is 2.39. The van der Waals surface area contributed by atoms with Crippen molar-refractivity contribution in [1.82, 2.24) is 15.6 Å². The molecule has 1 rings (SSSR count). The van der Waals surface area contributed by atoms with Gasteiger partial charge in [0.25, 0.3) is 0 Å². The summed E-state index contributed by atoms with van der Waals surface area (Å²) in [6.07, 6.45) is 0.520. The highest BCUT2D eigenvalue weighted by atomic mass is 32.1. The number of aliphatic carboxylic acids is 1. The molecule has 3 unspecified atom stereocenters. The van der Waals surface area contributed by atoms with Gasteiger partial charge in [-0.25, -0.2) is 14.6 Å². The van der Waals surface area contributed by atoms with Crippen molar-refractivity contribution in [3.05, 3.63) is 16.1 Å². The first-order valence-corrected chi connectivity index (χ1v) is 6.53. The van der Waals surface area contributed by atoms with Crippen LogP contribution in [0.15, 0.2) is 6.20 Å². The highest BCUT2D eigenvalue weighted by molar-refractivity contribution is 7.11. The summed E-state index contributed by atoms with van der Waals surface area (Å²) in [4.78, 5) is 27.6. The van der Waals surface area contributed by atoms with Gasteiger partial charge in [0.2, 0.25) is 0 Å². The Balaban J connectivity index is 2.57. The number of amides is 2. The summed E-state index contributed by atoms with van der Waals surface area (Å²) in [5, 5.41) is 23.6. The van der Waals surface area contributed by atoms with Gasteiger partial charge in [0.05, 0.1) is 12.1 Å². The fraction of sp³-hybridized carbons (Fsp3) is 0.545. The van der Waals surface area contributed by atoms with Crippen LogP contribution in [0.1, 0.15) is 29.8 Å². The Hall–Kier alpha value is -1.67. The molecule has 4 N–H and O–H groups in total. The first kappa shape index (κ1) is 15.4. The van der Waals surface area contributed by atoms with E-state index >= 15 is 0 Å². The molecule has 1 heterocycles. The Morgan fingerprint density at radius 3 is 2.42 bits per heavy atom. The van der Waals surface area contributed by atoms with Crippen molar-refractivity contribution in [1.29, 1.82) is 0 Å². The Kier molecular flexibility index (Phi) is 5.25. The minimum absolute atomic E-state index is 0.331. The molecule has 0 aromatic carbocycles. The van der Waals surface area contributed by atoms with Gasteiger partial charge in [-0.15, -0.1) is 11.3 Å². The molecule has 0 saturated heterocycles. The predicted octanol–water partition coefficient (Wildman–Crippen LogP) is 0.646. The number of nitrogens with one attached hydrogen (secondary N) is 2. The maximum Gasteiger partial charge on any atom is 0.328 e. The number of hydrogen-bond acceptors (Lipinski definition) is 5. The lowest BCUT2D eigenvalue weighted by Crippen LogP contribution is -2.51. The monoisotopic (exact) mass is 287 g/mol. The molecule has 0 spiro atoms. The van der Waals surface area contributed by atoms with Crippen molar-refractivity contribution in [2.24, 2.45) is 0 Å². The van der Waals surface area contributed by atoms with Crippen LogP contribution < -0.4 is 10.6 Å². The Labute approximate surface area is 114 Å². The molecule has 106 valence electrons. The van der Waals surface area contributed by atoms with Gasteiger partial charge in [-0.3, -0.25) is 0 Å². The van der Waals surface area contributed by atoms with Gasteiger partial charge in [-0.1, -0.05) is 0 Å². The number of rotatable bonds is 5.